The zero-order valence-electron chi connectivity index (χ0n) is 8.16. The second-order valence-corrected chi connectivity index (χ2v) is 2.86. The lowest BCUT2D eigenvalue weighted by molar-refractivity contribution is -0.105. The van der Waals surface area contributed by atoms with Gasteiger partial charge in [0.15, 0.2) is 5.78 Å². The van der Waals surface area contributed by atoms with Crippen molar-refractivity contribution < 1.29 is 9.59 Å². The number of hydrogen-bond donors (Lipinski definition) is 2. The summed E-state index contributed by atoms with van der Waals surface area (Å²) in [5, 5.41) is 2.10. The summed E-state index contributed by atoms with van der Waals surface area (Å²) in [7, 11) is 1.23. The SMILES string of the molecule is CC(=O)c1c(NC=O)[nH]c(=O)n(C)c1=O. The van der Waals surface area contributed by atoms with E-state index in [0.717, 1.165) is 4.57 Å². The first-order valence-electron chi connectivity index (χ1n) is 4.03. The molecular formula is C8H9N3O4. The third-order valence-electron chi connectivity index (χ3n) is 1.86. The van der Waals surface area contributed by atoms with Gasteiger partial charge in [0.05, 0.1) is 0 Å². The van der Waals surface area contributed by atoms with Crippen LogP contribution in [0.15, 0.2) is 9.59 Å². The van der Waals surface area contributed by atoms with Crippen LogP contribution in [0.1, 0.15) is 17.3 Å². The number of rotatable bonds is 3. The molecule has 0 aliphatic heterocycles. The van der Waals surface area contributed by atoms with Crippen LogP contribution in [-0.4, -0.2) is 21.7 Å². The van der Waals surface area contributed by atoms with E-state index in [4.69, 9.17) is 0 Å². The predicted octanol–water partition coefficient (Wildman–Crippen LogP) is -1.16. The average molecular weight is 211 g/mol. The van der Waals surface area contributed by atoms with E-state index in [1.54, 1.807) is 0 Å². The molecule has 15 heavy (non-hydrogen) atoms. The highest BCUT2D eigenvalue weighted by Crippen LogP contribution is 2.03. The van der Waals surface area contributed by atoms with Gasteiger partial charge < -0.3 is 5.32 Å². The first-order valence-corrected chi connectivity index (χ1v) is 4.03. The first-order chi connectivity index (χ1) is 6.99. The molecule has 1 aromatic heterocycles. The van der Waals surface area contributed by atoms with Gasteiger partial charge in [-0.05, 0) is 6.92 Å². The van der Waals surface area contributed by atoms with Crippen LogP contribution in [0, 0.1) is 0 Å². The number of Topliss-reactive ketones (excluding diaryl/α,β-unsaturated/α-hetero) is 1. The van der Waals surface area contributed by atoms with E-state index in [1.807, 2.05) is 0 Å². The van der Waals surface area contributed by atoms with E-state index in [-0.39, 0.29) is 17.8 Å². The molecule has 0 spiro atoms. The normalized spacial score (nSPS) is 9.73. The molecule has 0 unspecified atom stereocenters. The Bertz CT molecular complexity index is 526. The van der Waals surface area contributed by atoms with E-state index in [0.29, 0.717) is 0 Å². The van der Waals surface area contributed by atoms with E-state index in [9.17, 15) is 19.2 Å². The second kappa shape index (κ2) is 3.91. The van der Waals surface area contributed by atoms with Crippen molar-refractivity contribution in [2.24, 2.45) is 7.05 Å². The third kappa shape index (κ3) is 1.85. The lowest BCUT2D eigenvalue weighted by Gasteiger charge is -2.05. The molecule has 0 saturated carbocycles. The van der Waals surface area contributed by atoms with Gasteiger partial charge >= 0.3 is 5.69 Å². The van der Waals surface area contributed by atoms with Crippen molar-refractivity contribution in [3.8, 4) is 0 Å². The van der Waals surface area contributed by atoms with Gasteiger partial charge in [-0.2, -0.15) is 0 Å². The Kier molecular flexibility index (Phi) is 2.84. The Morgan fingerprint density at radius 2 is 2.07 bits per heavy atom. The van der Waals surface area contributed by atoms with Crippen LogP contribution in [-0.2, 0) is 11.8 Å². The summed E-state index contributed by atoms with van der Waals surface area (Å²) >= 11 is 0. The number of nitrogens with one attached hydrogen (secondary N) is 2. The monoisotopic (exact) mass is 211 g/mol. The van der Waals surface area contributed by atoms with Gasteiger partial charge in [0.1, 0.15) is 11.4 Å². The molecule has 7 nitrogen and oxygen atoms in total. The Hall–Kier alpha value is -2.18. The highest BCUT2D eigenvalue weighted by molar-refractivity contribution is 5.99. The van der Waals surface area contributed by atoms with Gasteiger partial charge in [0, 0.05) is 7.05 Å². The number of aromatic nitrogens is 2. The summed E-state index contributed by atoms with van der Waals surface area (Å²) in [6, 6.07) is 0. The lowest BCUT2D eigenvalue weighted by atomic mass is 10.2. The van der Waals surface area contributed by atoms with Gasteiger partial charge in [0.2, 0.25) is 6.41 Å². The highest BCUT2D eigenvalue weighted by Gasteiger charge is 2.15. The molecule has 0 atom stereocenters. The minimum absolute atomic E-state index is 0.175. The molecule has 1 aromatic rings. The summed E-state index contributed by atoms with van der Waals surface area (Å²) in [4.78, 5) is 46.2. The fraction of sp³-hybridized carbons (Fsp3) is 0.250. The van der Waals surface area contributed by atoms with Crippen molar-refractivity contribution in [1.82, 2.24) is 9.55 Å². The Morgan fingerprint density at radius 1 is 1.47 bits per heavy atom. The number of hydrogen-bond acceptors (Lipinski definition) is 4. The Morgan fingerprint density at radius 3 is 2.53 bits per heavy atom. The largest absolute Gasteiger partial charge is 0.329 e. The maximum absolute atomic E-state index is 11.5. The molecule has 0 saturated heterocycles. The van der Waals surface area contributed by atoms with Crippen LogP contribution in [0.5, 0.6) is 0 Å². The zero-order chi connectivity index (χ0) is 11.6. The summed E-state index contributed by atoms with van der Waals surface area (Å²) < 4.78 is 0.757. The Labute approximate surface area is 83.7 Å². The van der Waals surface area contributed by atoms with Crippen molar-refractivity contribution in [2.75, 3.05) is 5.32 Å². The minimum atomic E-state index is -0.740. The zero-order valence-corrected chi connectivity index (χ0v) is 8.16. The average Bonchev–Trinajstić information content (AvgIpc) is 2.14. The van der Waals surface area contributed by atoms with Crippen molar-refractivity contribution in [2.45, 2.75) is 6.92 Å². The number of H-pyrrole nitrogens is 1. The van der Waals surface area contributed by atoms with Crippen LogP contribution in [0.3, 0.4) is 0 Å². The van der Waals surface area contributed by atoms with Gasteiger partial charge in [-0.25, -0.2) is 4.79 Å². The van der Waals surface area contributed by atoms with Crippen LogP contribution in [0.25, 0.3) is 0 Å². The van der Waals surface area contributed by atoms with Gasteiger partial charge in [-0.3, -0.25) is 23.9 Å². The molecule has 0 aliphatic rings. The molecule has 80 valence electrons. The molecule has 0 radical (unpaired) electrons. The topological polar surface area (TPSA) is 101 Å². The number of aromatic amines is 1. The van der Waals surface area contributed by atoms with Crippen LogP contribution >= 0.6 is 0 Å². The molecule has 0 aromatic carbocycles. The number of ketones is 1. The second-order valence-electron chi connectivity index (χ2n) is 2.86. The number of nitrogens with zero attached hydrogens (tertiary/aromatic N) is 1. The molecule has 1 amide bonds. The number of carbonyl (C=O) groups excluding carboxylic acids is 2. The third-order valence-corrected chi connectivity index (χ3v) is 1.86. The van der Waals surface area contributed by atoms with Crippen molar-refractivity contribution in [3.63, 3.8) is 0 Å². The van der Waals surface area contributed by atoms with Crippen molar-refractivity contribution >= 4 is 18.0 Å². The standard InChI is InChI=1S/C8H9N3O4/c1-4(13)5-6(9-3-12)10-8(15)11(2)7(5)14/h3H,1-2H3,(H,9,12)(H,10,15). The lowest BCUT2D eigenvalue weighted by Crippen LogP contribution is -2.37. The summed E-state index contributed by atoms with van der Waals surface area (Å²) in [5.74, 6) is -0.707. The van der Waals surface area contributed by atoms with Crippen molar-refractivity contribution in [1.29, 1.82) is 0 Å². The van der Waals surface area contributed by atoms with Crippen molar-refractivity contribution in [3.05, 3.63) is 26.4 Å². The molecule has 0 bridgehead atoms. The minimum Gasteiger partial charge on any atom is -0.314 e. The Balaban J connectivity index is 3.65. The van der Waals surface area contributed by atoms with Gasteiger partial charge in [-0.1, -0.05) is 0 Å². The van der Waals surface area contributed by atoms with Crippen LogP contribution in [0.2, 0.25) is 0 Å². The molecular weight excluding hydrogens is 202 g/mol. The maximum atomic E-state index is 11.5. The van der Waals surface area contributed by atoms with Crippen LogP contribution < -0.4 is 16.6 Å². The molecule has 0 fully saturated rings. The number of anilines is 1. The van der Waals surface area contributed by atoms with Crippen LogP contribution in [0.4, 0.5) is 5.82 Å². The van der Waals surface area contributed by atoms with E-state index in [1.165, 1.54) is 14.0 Å². The number of carbonyl (C=O) groups is 2. The highest BCUT2D eigenvalue weighted by atomic mass is 16.2. The predicted molar refractivity (Wildman–Crippen MR) is 52.0 cm³/mol. The smallest absolute Gasteiger partial charge is 0.314 e. The fourth-order valence-electron chi connectivity index (χ4n) is 1.11. The molecule has 0 aliphatic carbocycles. The quantitative estimate of drug-likeness (QED) is 0.486. The van der Waals surface area contributed by atoms with E-state index >= 15 is 0 Å². The summed E-state index contributed by atoms with van der Waals surface area (Å²) in [5.41, 5.74) is -1.69. The number of amides is 1. The molecule has 2 N–H and O–H groups in total. The molecule has 1 rings (SSSR count). The fourth-order valence-corrected chi connectivity index (χ4v) is 1.11. The maximum Gasteiger partial charge on any atom is 0.329 e. The summed E-state index contributed by atoms with van der Waals surface area (Å²) in [6.07, 6.45) is 0.275. The first kappa shape index (κ1) is 10.9. The van der Waals surface area contributed by atoms with Gasteiger partial charge in [0.25, 0.3) is 5.56 Å². The van der Waals surface area contributed by atoms with E-state index < -0.39 is 17.0 Å². The molecule has 1 heterocycles. The van der Waals surface area contributed by atoms with Gasteiger partial charge in [-0.15, -0.1) is 0 Å². The molecule has 7 heteroatoms. The van der Waals surface area contributed by atoms with E-state index in [2.05, 4.69) is 10.3 Å². The summed E-state index contributed by atoms with van der Waals surface area (Å²) in [6.45, 7) is 1.17.